The lowest BCUT2D eigenvalue weighted by Gasteiger charge is -2.34. The van der Waals surface area contributed by atoms with Gasteiger partial charge in [-0.3, -0.25) is 4.79 Å². The summed E-state index contributed by atoms with van der Waals surface area (Å²) >= 11 is 0. The monoisotopic (exact) mass is 155 g/mol. The van der Waals surface area contributed by atoms with Gasteiger partial charge < -0.3 is 5.32 Å². The van der Waals surface area contributed by atoms with Crippen molar-refractivity contribution in [2.75, 3.05) is 6.54 Å². The van der Waals surface area contributed by atoms with Gasteiger partial charge >= 0.3 is 0 Å². The molecule has 1 fully saturated rings. The number of carbonyl (C=O) groups is 1. The molecule has 1 heterocycles. The first-order chi connectivity index (χ1) is 5.22. The first-order valence-corrected chi connectivity index (χ1v) is 4.49. The average molecular weight is 155 g/mol. The van der Waals surface area contributed by atoms with E-state index in [2.05, 4.69) is 19.2 Å². The van der Waals surface area contributed by atoms with Gasteiger partial charge in [-0.15, -0.1) is 0 Å². The van der Waals surface area contributed by atoms with Crippen LogP contribution in [0.2, 0.25) is 0 Å². The SMILES string of the molecule is CCC1(CC)CCNC(=O)C1. The van der Waals surface area contributed by atoms with Crippen molar-refractivity contribution in [2.24, 2.45) is 5.41 Å². The highest BCUT2D eigenvalue weighted by Gasteiger charge is 2.31. The van der Waals surface area contributed by atoms with E-state index in [9.17, 15) is 4.79 Å². The first-order valence-electron chi connectivity index (χ1n) is 4.49. The van der Waals surface area contributed by atoms with Gasteiger partial charge in [0.15, 0.2) is 0 Å². The number of piperidine rings is 1. The lowest BCUT2D eigenvalue weighted by Crippen LogP contribution is -2.40. The predicted molar refractivity (Wildman–Crippen MR) is 45.3 cm³/mol. The van der Waals surface area contributed by atoms with Crippen molar-refractivity contribution in [1.29, 1.82) is 0 Å². The second-order valence-corrected chi connectivity index (χ2v) is 3.48. The fourth-order valence-corrected chi connectivity index (χ4v) is 1.81. The molecule has 0 aromatic heterocycles. The zero-order chi connectivity index (χ0) is 8.32. The summed E-state index contributed by atoms with van der Waals surface area (Å²) in [6.45, 7) is 5.24. The molecule has 0 bridgehead atoms. The highest BCUT2D eigenvalue weighted by Crippen LogP contribution is 2.35. The van der Waals surface area contributed by atoms with Crippen molar-refractivity contribution in [3.05, 3.63) is 0 Å². The predicted octanol–water partition coefficient (Wildman–Crippen LogP) is 1.70. The number of hydrogen-bond acceptors (Lipinski definition) is 1. The van der Waals surface area contributed by atoms with Crippen LogP contribution in [0.3, 0.4) is 0 Å². The quantitative estimate of drug-likeness (QED) is 0.646. The van der Waals surface area contributed by atoms with Crippen molar-refractivity contribution in [3.63, 3.8) is 0 Å². The number of amides is 1. The maximum atomic E-state index is 11.1. The van der Waals surface area contributed by atoms with Crippen molar-refractivity contribution >= 4 is 5.91 Å². The molecule has 0 radical (unpaired) electrons. The molecule has 2 heteroatoms. The van der Waals surface area contributed by atoms with E-state index in [1.807, 2.05) is 0 Å². The average Bonchev–Trinajstić information content (AvgIpc) is 2.04. The Labute approximate surface area is 68.4 Å². The molecule has 64 valence electrons. The smallest absolute Gasteiger partial charge is 0.220 e. The molecule has 0 unspecified atom stereocenters. The van der Waals surface area contributed by atoms with Gasteiger partial charge in [0.05, 0.1) is 0 Å². The summed E-state index contributed by atoms with van der Waals surface area (Å²) in [6, 6.07) is 0. The van der Waals surface area contributed by atoms with Crippen LogP contribution in [0.5, 0.6) is 0 Å². The van der Waals surface area contributed by atoms with Crippen LogP contribution in [0.1, 0.15) is 39.5 Å². The van der Waals surface area contributed by atoms with Gasteiger partial charge in [0, 0.05) is 13.0 Å². The molecular weight excluding hydrogens is 138 g/mol. The van der Waals surface area contributed by atoms with Gasteiger partial charge in [0.25, 0.3) is 0 Å². The Morgan fingerprint density at radius 3 is 2.45 bits per heavy atom. The molecule has 11 heavy (non-hydrogen) atoms. The molecule has 1 aliphatic heterocycles. The molecule has 0 aliphatic carbocycles. The number of hydrogen-bond donors (Lipinski definition) is 1. The maximum Gasteiger partial charge on any atom is 0.220 e. The van der Waals surface area contributed by atoms with Crippen molar-refractivity contribution in [2.45, 2.75) is 39.5 Å². The fraction of sp³-hybridized carbons (Fsp3) is 0.889. The summed E-state index contributed by atoms with van der Waals surface area (Å²) in [6.07, 6.45) is 4.17. The molecule has 1 aliphatic rings. The second kappa shape index (κ2) is 3.24. The molecule has 1 N–H and O–H groups in total. The molecular formula is C9H17NO. The third-order valence-corrected chi connectivity index (χ3v) is 3.01. The van der Waals surface area contributed by atoms with Crippen LogP contribution in [0.15, 0.2) is 0 Å². The third kappa shape index (κ3) is 1.73. The minimum atomic E-state index is 0.236. The van der Waals surface area contributed by atoms with Gasteiger partial charge in [0.1, 0.15) is 0 Å². The zero-order valence-corrected chi connectivity index (χ0v) is 7.44. The first kappa shape index (κ1) is 8.57. The Balaban J connectivity index is 2.59. The largest absolute Gasteiger partial charge is 0.356 e. The van der Waals surface area contributed by atoms with Crippen LogP contribution in [0.25, 0.3) is 0 Å². The molecule has 0 saturated carbocycles. The Hall–Kier alpha value is -0.530. The molecule has 1 amide bonds. The van der Waals surface area contributed by atoms with Gasteiger partial charge in [-0.25, -0.2) is 0 Å². The van der Waals surface area contributed by atoms with Crippen LogP contribution < -0.4 is 5.32 Å². The minimum absolute atomic E-state index is 0.236. The molecule has 1 rings (SSSR count). The summed E-state index contributed by atoms with van der Waals surface area (Å²) in [4.78, 5) is 11.1. The Morgan fingerprint density at radius 2 is 2.09 bits per heavy atom. The van der Waals surface area contributed by atoms with Gasteiger partial charge in [-0.1, -0.05) is 13.8 Å². The van der Waals surface area contributed by atoms with E-state index < -0.39 is 0 Å². The highest BCUT2D eigenvalue weighted by molar-refractivity contribution is 5.77. The van der Waals surface area contributed by atoms with Gasteiger partial charge in [-0.05, 0) is 24.7 Å². The molecule has 1 saturated heterocycles. The maximum absolute atomic E-state index is 11.1. The van der Waals surface area contributed by atoms with Crippen molar-refractivity contribution in [3.8, 4) is 0 Å². The number of nitrogens with one attached hydrogen (secondary N) is 1. The second-order valence-electron chi connectivity index (χ2n) is 3.48. The van der Waals surface area contributed by atoms with Crippen LogP contribution in [0.4, 0.5) is 0 Å². The van der Waals surface area contributed by atoms with Crippen LogP contribution in [-0.2, 0) is 4.79 Å². The van der Waals surface area contributed by atoms with Crippen LogP contribution >= 0.6 is 0 Å². The summed E-state index contributed by atoms with van der Waals surface area (Å²) < 4.78 is 0. The number of carbonyl (C=O) groups excluding carboxylic acids is 1. The van der Waals surface area contributed by atoms with Crippen LogP contribution in [-0.4, -0.2) is 12.5 Å². The van der Waals surface area contributed by atoms with Crippen molar-refractivity contribution in [1.82, 2.24) is 5.32 Å². The molecule has 0 spiro atoms. The van der Waals surface area contributed by atoms with Gasteiger partial charge in [0.2, 0.25) is 5.91 Å². The van der Waals surface area contributed by atoms with E-state index in [-0.39, 0.29) is 5.91 Å². The third-order valence-electron chi connectivity index (χ3n) is 3.01. The highest BCUT2D eigenvalue weighted by atomic mass is 16.1. The van der Waals surface area contributed by atoms with E-state index in [0.717, 1.165) is 32.2 Å². The Morgan fingerprint density at radius 1 is 1.45 bits per heavy atom. The Kier molecular flexibility index (Phi) is 2.53. The van der Waals surface area contributed by atoms with Crippen LogP contribution in [0, 0.1) is 5.41 Å². The summed E-state index contributed by atoms with van der Waals surface area (Å²) in [5, 5.41) is 2.87. The lowest BCUT2D eigenvalue weighted by molar-refractivity contribution is -0.125. The Bertz CT molecular complexity index is 150. The topological polar surface area (TPSA) is 29.1 Å². The normalized spacial score (nSPS) is 22.9. The van der Waals surface area contributed by atoms with E-state index in [1.54, 1.807) is 0 Å². The zero-order valence-electron chi connectivity index (χ0n) is 7.44. The van der Waals surface area contributed by atoms with Crippen molar-refractivity contribution < 1.29 is 4.79 Å². The van der Waals surface area contributed by atoms with E-state index in [1.165, 1.54) is 0 Å². The molecule has 2 nitrogen and oxygen atoms in total. The summed E-state index contributed by atoms with van der Waals surface area (Å²) in [5.41, 5.74) is 0.322. The lowest BCUT2D eigenvalue weighted by atomic mass is 9.74. The van der Waals surface area contributed by atoms with E-state index >= 15 is 0 Å². The van der Waals surface area contributed by atoms with E-state index in [0.29, 0.717) is 5.41 Å². The standard InChI is InChI=1S/C9H17NO/c1-3-9(4-2)5-6-10-8(11)7-9/h3-7H2,1-2H3,(H,10,11). The van der Waals surface area contributed by atoms with E-state index in [4.69, 9.17) is 0 Å². The summed E-state index contributed by atoms with van der Waals surface area (Å²) in [7, 11) is 0. The molecule has 0 atom stereocenters. The van der Waals surface area contributed by atoms with Gasteiger partial charge in [-0.2, -0.15) is 0 Å². The fourth-order valence-electron chi connectivity index (χ4n) is 1.81. The number of rotatable bonds is 2. The minimum Gasteiger partial charge on any atom is -0.356 e. The summed E-state index contributed by atoms with van der Waals surface area (Å²) in [5.74, 6) is 0.236. The molecule has 0 aromatic rings. The molecule has 0 aromatic carbocycles.